The highest BCUT2D eigenvalue weighted by Crippen LogP contribution is 2.42. The second-order valence-electron chi connectivity index (χ2n) is 5.29. The number of H-pyrrole nitrogens is 1. The predicted molar refractivity (Wildman–Crippen MR) is 79.9 cm³/mol. The van der Waals surface area contributed by atoms with Crippen molar-refractivity contribution in [2.45, 2.75) is 43.8 Å². The zero-order valence-electron chi connectivity index (χ0n) is 12.9. The molecule has 0 spiro atoms. The summed E-state index contributed by atoms with van der Waals surface area (Å²) in [5.74, 6) is 0. The first-order chi connectivity index (χ1) is 11.0. The van der Waals surface area contributed by atoms with Crippen molar-refractivity contribution < 1.29 is 14.6 Å². The molecule has 1 aromatic rings. The van der Waals surface area contributed by atoms with Gasteiger partial charge in [0.25, 0.3) is 5.56 Å². The van der Waals surface area contributed by atoms with Crippen LogP contribution in [-0.2, 0) is 9.47 Å². The number of hydrogen-bond donors (Lipinski definition) is 2. The van der Waals surface area contributed by atoms with Crippen molar-refractivity contribution in [2.75, 3.05) is 13.7 Å². The Labute approximate surface area is 131 Å². The van der Waals surface area contributed by atoms with Crippen molar-refractivity contribution >= 4 is 0 Å². The summed E-state index contributed by atoms with van der Waals surface area (Å²) in [5.41, 5.74) is 6.22. The van der Waals surface area contributed by atoms with Gasteiger partial charge in [0.15, 0.2) is 6.23 Å². The third-order valence-electron chi connectivity index (χ3n) is 4.18. The second kappa shape index (κ2) is 6.97. The molecule has 1 aliphatic heterocycles. The Kier molecular flexibility index (Phi) is 5.22. The van der Waals surface area contributed by atoms with Gasteiger partial charge in [-0.3, -0.25) is 14.3 Å². The lowest BCUT2D eigenvalue weighted by Crippen LogP contribution is -2.44. The van der Waals surface area contributed by atoms with Crippen LogP contribution in [0.1, 0.15) is 26.0 Å². The number of aliphatic hydroxyl groups excluding tert-OH is 1. The smallest absolute Gasteiger partial charge is 0.330 e. The van der Waals surface area contributed by atoms with Gasteiger partial charge < -0.3 is 14.6 Å². The number of hydrogen-bond acceptors (Lipinski definition) is 6. The van der Waals surface area contributed by atoms with Gasteiger partial charge in [-0.05, 0) is 18.4 Å². The van der Waals surface area contributed by atoms with Gasteiger partial charge in [-0.25, -0.2) is 4.79 Å². The molecule has 0 bridgehead atoms. The number of rotatable bonds is 6. The van der Waals surface area contributed by atoms with Crippen LogP contribution in [0.3, 0.4) is 0 Å². The van der Waals surface area contributed by atoms with E-state index in [-0.39, 0.29) is 13.0 Å². The van der Waals surface area contributed by atoms with Gasteiger partial charge in [0.05, 0.1) is 5.60 Å². The van der Waals surface area contributed by atoms with Crippen molar-refractivity contribution in [3.05, 3.63) is 43.5 Å². The SMILES string of the molecule is CC[C@@]1(CCN=[N+]=[N-])O[C@@H](n2ccc(=O)[nH]c2=O)[C@@H](OC)C1O. The van der Waals surface area contributed by atoms with Crippen LogP contribution in [0.15, 0.2) is 27.0 Å². The van der Waals surface area contributed by atoms with Crippen molar-refractivity contribution in [3.8, 4) is 0 Å². The minimum absolute atomic E-state index is 0.144. The molecule has 0 aromatic carbocycles. The Morgan fingerprint density at radius 2 is 2.35 bits per heavy atom. The van der Waals surface area contributed by atoms with Gasteiger partial charge in [-0.2, -0.15) is 0 Å². The van der Waals surface area contributed by atoms with Crippen molar-refractivity contribution in [1.29, 1.82) is 0 Å². The molecule has 2 rings (SSSR count). The van der Waals surface area contributed by atoms with E-state index in [1.807, 2.05) is 6.92 Å². The summed E-state index contributed by atoms with van der Waals surface area (Å²) >= 11 is 0. The summed E-state index contributed by atoms with van der Waals surface area (Å²) in [7, 11) is 1.40. The standard InChI is InChI=1S/C13H19N5O5/c1-3-13(5-6-15-17-14)10(20)9(22-2)11(23-13)18-7-4-8(19)16-12(18)21/h4,7,9-11,20H,3,5-6H2,1-2H3,(H,16,19,21)/t9-,10?,11+,13-/m0/s1. The fourth-order valence-corrected chi connectivity index (χ4v) is 2.88. The monoisotopic (exact) mass is 325 g/mol. The van der Waals surface area contributed by atoms with E-state index in [1.54, 1.807) is 0 Å². The number of ether oxygens (including phenoxy) is 2. The topological polar surface area (TPSA) is 142 Å². The lowest BCUT2D eigenvalue weighted by atomic mass is 9.89. The van der Waals surface area contributed by atoms with E-state index in [1.165, 1.54) is 23.9 Å². The van der Waals surface area contributed by atoms with Gasteiger partial charge in [-0.1, -0.05) is 12.0 Å². The van der Waals surface area contributed by atoms with E-state index in [9.17, 15) is 14.7 Å². The Bertz CT molecular complexity index is 709. The lowest BCUT2D eigenvalue weighted by Gasteiger charge is -2.30. The summed E-state index contributed by atoms with van der Waals surface area (Å²) in [6.45, 7) is 1.97. The molecule has 0 saturated carbocycles. The van der Waals surface area contributed by atoms with Crippen LogP contribution in [0.25, 0.3) is 10.4 Å². The number of aromatic amines is 1. The van der Waals surface area contributed by atoms with Crippen LogP contribution in [0.4, 0.5) is 0 Å². The average Bonchev–Trinajstić information content (AvgIpc) is 2.80. The number of nitrogens with one attached hydrogen (secondary N) is 1. The van der Waals surface area contributed by atoms with E-state index in [0.717, 1.165) is 0 Å². The number of methoxy groups -OCH3 is 1. The minimum Gasteiger partial charge on any atom is -0.387 e. The maximum absolute atomic E-state index is 12.0. The largest absolute Gasteiger partial charge is 0.387 e. The molecule has 0 amide bonds. The molecule has 1 aromatic heterocycles. The molecule has 1 unspecified atom stereocenters. The van der Waals surface area contributed by atoms with Crippen LogP contribution >= 0.6 is 0 Å². The molecule has 1 aliphatic rings. The van der Waals surface area contributed by atoms with Gasteiger partial charge >= 0.3 is 5.69 Å². The lowest BCUT2D eigenvalue weighted by molar-refractivity contribution is -0.111. The van der Waals surface area contributed by atoms with E-state index < -0.39 is 35.3 Å². The van der Waals surface area contributed by atoms with Crippen LogP contribution in [0.2, 0.25) is 0 Å². The molecule has 1 fully saturated rings. The third kappa shape index (κ3) is 3.15. The molecule has 0 radical (unpaired) electrons. The maximum atomic E-state index is 12.0. The fourth-order valence-electron chi connectivity index (χ4n) is 2.88. The summed E-state index contributed by atoms with van der Waals surface area (Å²) in [4.78, 5) is 28.0. The Morgan fingerprint density at radius 3 is 2.91 bits per heavy atom. The van der Waals surface area contributed by atoms with Crippen molar-refractivity contribution in [3.63, 3.8) is 0 Å². The molecule has 23 heavy (non-hydrogen) atoms. The first-order valence-corrected chi connectivity index (χ1v) is 7.20. The molecular weight excluding hydrogens is 306 g/mol. The average molecular weight is 325 g/mol. The van der Waals surface area contributed by atoms with Crippen molar-refractivity contribution in [2.24, 2.45) is 5.11 Å². The maximum Gasteiger partial charge on any atom is 0.330 e. The molecule has 2 N–H and O–H groups in total. The van der Waals surface area contributed by atoms with Gasteiger partial charge in [0, 0.05) is 30.8 Å². The summed E-state index contributed by atoms with van der Waals surface area (Å²) in [5, 5.41) is 14.1. The van der Waals surface area contributed by atoms with E-state index in [2.05, 4.69) is 15.0 Å². The molecule has 10 heteroatoms. The highest BCUT2D eigenvalue weighted by molar-refractivity contribution is 5.02. The molecule has 4 atom stereocenters. The normalized spacial score (nSPS) is 30.1. The molecule has 0 aliphatic carbocycles. The summed E-state index contributed by atoms with van der Waals surface area (Å²) in [6, 6.07) is 1.19. The second-order valence-corrected chi connectivity index (χ2v) is 5.29. The highest BCUT2D eigenvalue weighted by Gasteiger charge is 2.54. The zero-order valence-corrected chi connectivity index (χ0v) is 12.9. The fraction of sp³-hybridized carbons (Fsp3) is 0.692. The molecule has 126 valence electrons. The van der Waals surface area contributed by atoms with E-state index in [4.69, 9.17) is 15.0 Å². The van der Waals surface area contributed by atoms with Gasteiger partial charge in [0.2, 0.25) is 0 Å². The van der Waals surface area contributed by atoms with Gasteiger partial charge in [0.1, 0.15) is 12.2 Å². The Morgan fingerprint density at radius 1 is 1.61 bits per heavy atom. The predicted octanol–water partition coefficient (Wildman–Crippen LogP) is 0.291. The van der Waals surface area contributed by atoms with Gasteiger partial charge in [-0.15, -0.1) is 0 Å². The number of azide groups is 1. The van der Waals surface area contributed by atoms with E-state index in [0.29, 0.717) is 6.42 Å². The molecule has 2 heterocycles. The number of aliphatic hydroxyl groups is 1. The first-order valence-electron chi connectivity index (χ1n) is 7.20. The Hall–Kier alpha value is -2.13. The van der Waals surface area contributed by atoms with E-state index >= 15 is 0 Å². The van der Waals surface area contributed by atoms with Crippen molar-refractivity contribution in [1.82, 2.24) is 9.55 Å². The number of nitrogens with zero attached hydrogens (tertiary/aromatic N) is 4. The summed E-state index contributed by atoms with van der Waals surface area (Å²) < 4.78 is 12.4. The van der Waals surface area contributed by atoms with Crippen LogP contribution in [-0.4, -0.2) is 46.1 Å². The van der Waals surface area contributed by atoms with Crippen LogP contribution in [0, 0.1) is 0 Å². The highest BCUT2D eigenvalue weighted by atomic mass is 16.6. The molecular formula is C13H19N5O5. The summed E-state index contributed by atoms with van der Waals surface area (Å²) in [6.07, 6.45) is -0.707. The molecule has 10 nitrogen and oxygen atoms in total. The quantitative estimate of drug-likeness (QED) is 0.439. The minimum atomic E-state index is -1.02. The Balaban J connectivity index is 2.39. The first kappa shape index (κ1) is 17.2. The molecule has 1 saturated heterocycles. The third-order valence-corrected chi connectivity index (χ3v) is 4.18. The van der Waals surface area contributed by atoms with Crippen LogP contribution in [0.5, 0.6) is 0 Å². The number of aromatic nitrogens is 2. The zero-order chi connectivity index (χ0) is 17.0. The van der Waals surface area contributed by atoms with Crippen LogP contribution < -0.4 is 11.2 Å².